The number of nitrogen functional groups attached to an aromatic ring is 1. The molecule has 0 atom stereocenters. The van der Waals surface area contributed by atoms with Crippen LogP contribution in [0.15, 0.2) is 23.4 Å². The number of carbonyl (C=O) groups is 2. The Morgan fingerprint density at radius 3 is 2.80 bits per heavy atom. The lowest BCUT2D eigenvalue weighted by molar-refractivity contribution is -0.117. The number of halogens is 2. The van der Waals surface area contributed by atoms with Crippen LogP contribution >= 0.6 is 35.0 Å². The minimum Gasteiger partial charge on any atom is -0.338 e. The molecule has 0 saturated carbocycles. The number of nitrogens with zero attached hydrogens (tertiary/aromatic N) is 3. The molecule has 0 radical (unpaired) electrons. The molecule has 0 aliphatic rings. The summed E-state index contributed by atoms with van der Waals surface area (Å²) in [5.74, 6) is 5.77. The van der Waals surface area contributed by atoms with Crippen molar-refractivity contribution in [3.63, 3.8) is 0 Å². The Bertz CT molecular complexity index is 783. The van der Waals surface area contributed by atoms with Crippen LogP contribution in [0.5, 0.6) is 0 Å². The fourth-order valence-corrected chi connectivity index (χ4v) is 2.83. The highest BCUT2D eigenvalue weighted by Gasteiger charge is 2.17. The lowest BCUT2D eigenvalue weighted by Gasteiger charge is -2.06. The van der Waals surface area contributed by atoms with E-state index in [0.717, 1.165) is 18.2 Å². The van der Waals surface area contributed by atoms with Crippen molar-refractivity contribution in [2.45, 2.75) is 18.5 Å². The van der Waals surface area contributed by atoms with E-state index >= 15 is 0 Å². The third-order valence-electron chi connectivity index (χ3n) is 2.95. The van der Waals surface area contributed by atoms with Crippen LogP contribution in [0, 0.1) is 0 Å². The topological polar surface area (TPSA) is 115 Å². The normalized spacial score (nSPS) is 10.5. The zero-order valence-electron chi connectivity index (χ0n) is 13.3. The summed E-state index contributed by atoms with van der Waals surface area (Å²) < 4.78 is 1.21. The van der Waals surface area contributed by atoms with Gasteiger partial charge in [0.05, 0.1) is 10.8 Å². The fraction of sp³-hybridized carbons (Fsp3) is 0.286. The van der Waals surface area contributed by atoms with Gasteiger partial charge >= 0.3 is 6.03 Å². The van der Waals surface area contributed by atoms with Crippen LogP contribution in [-0.4, -0.2) is 39.1 Å². The Labute approximate surface area is 158 Å². The summed E-state index contributed by atoms with van der Waals surface area (Å²) in [4.78, 5) is 23.2. The average molecular weight is 403 g/mol. The highest BCUT2D eigenvalue weighted by atomic mass is 35.5. The van der Waals surface area contributed by atoms with Crippen LogP contribution in [-0.2, 0) is 4.79 Å². The van der Waals surface area contributed by atoms with E-state index in [1.807, 2.05) is 6.92 Å². The molecule has 0 spiro atoms. The minimum atomic E-state index is -0.534. The molecule has 0 fully saturated rings. The molecule has 1 aromatic heterocycles. The van der Waals surface area contributed by atoms with Crippen LogP contribution in [0.25, 0.3) is 11.4 Å². The second kappa shape index (κ2) is 8.93. The van der Waals surface area contributed by atoms with Gasteiger partial charge in [-0.3, -0.25) is 10.1 Å². The molecule has 25 heavy (non-hydrogen) atoms. The van der Waals surface area contributed by atoms with Crippen molar-refractivity contribution in [3.8, 4) is 11.4 Å². The number of aromatic nitrogens is 3. The van der Waals surface area contributed by atoms with Gasteiger partial charge in [-0.05, 0) is 24.6 Å². The second-order valence-corrected chi connectivity index (χ2v) is 6.68. The molecule has 0 aliphatic carbocycles. The molecule has 3 amide bonds. The van der Waals surface area contributed by atoms with Crippen LogP contribution in [0.4, 0.5) is 4.79 Å². The Kier molecular flexibility index (Phi) is 6.91. The molecule has 8 nitrogen and oxygen atoms in total. The quantitative estimate of drug-likeness (QED) is 0.504. The van der Waals surface area contributed by atoms with Crippen molar-refractivity contribution >= 4 is 46.9 Å². The molecule has 0 unspecified atom stereocenters. The second-order valence-electron chi connectivity index (χ2n) is 4.89. The van der Waals surface area contributed by atoms with Crippen LogP contribution in [0.3, 0.4) is 0 Å². The Balaban J connectivity index is 2.01. The molecular weight excluding hydrogens is 387 g/mol. The van der Waals surface area contributed by atoms with Gasteiger partial charge in [0, 0.05) is 17.1 Å². The maximum absolute atomic E-state index is 11.7. The van der Waals surface area contributed by atoms with Crippen molar-refractivity contribution in [1.82, 2.24) is 25.5 Å². The first kappa shape index (κ1) is 19.4. The van der Waals surface area contributed by atoms with E-state index in [1.165, 1.54) is 4.68 Å². The summed E-state index contributed by atoms with van der Waals surface area (Å²) in [6, 6.07) is 4.36. The van der Waals surface area contributed by atoms with Gasteiger partial charge in [0.2, 0.25) is 11.1 Å². The van der Waals surface area contributed by atoms with Crippen molar-refractivity contribution in [3.05, 3.63) is 28.2 Å². The van der Waals surface area contributed by atoms with Gasteiger partial charge in [-0.15, -0.1) is 10.2 Å². The van der Waals surface area contributed by atoms with Crippen LogP contribution in [0.1, 0.15) is 13.3 Å². The Hall–Kier alpha value is -1.97. The number of nitrogens with one attached hydrogen (secondary N) is 2. The van der Waals surface area contributed by atoms with Crippen LogP contribution in [0.2, 0.25) is 10.0 Å². The Morgan fingerprint density at radius 1 is 1.32 bits per heavy atom. The minimum absolute atomic E-state index is 0.0435. The molecule has 1 aromatic carbocycles. The lowest BCUT2D eigenvalue weighted by Crippen LogP contribution is -2.40. The molecular formula is C14H16Cl2N6O2S. The number of carbonyl (C=O) groups excluding carboxylic acids is 2. The van der Waals surface area contributed by atoms with Gasteiger partial charge in [-0.2, -0.15) is 0 Å². The maximum Gasteiger partial charge on any atom is 0.321 e. The van der Waals surface area contributed by atoms with E-state index in [9.17, 15) is 9.59 Å². The van der Waals surface area contributed by atoms with E-state index in [1.54, 1.807) is 18.2 Å². The first-order valence-corrected chi connectivity index (χ1v) is 9.03. The smallest absolute Gasteiger partial charge is 0.321 e. The molecule has 0 bridgehead atoms. The number of thioether (sulfide) groups is 1. The number of nitrogens with two attached hydrogens (primary N) is 1. The van der Waals surface area contributed by atoms with Gasteiger partial charge in [-0.25, -0.2) is 9.47 Å². The van der Waals surface area contributed by atoms with E-state index in [-0.39, 0.29) is 5.75 Å². The third-order valence-corrected chi connectivity index (χ3v) is 4.46. The molecule has 4 N–H and O–H groups in total. The SMILES string of the molecule is CCCNC(=O)NC(=O)CSc1nnc(-c2cc(Cl)ccc2Cl)n1N. The number of rotatable bonds is 6. The highest BCUT2D eigenvalue weighted by molar-refractivity contribution is 7.99. The molecule has 134 valence electrons. The summed E-state index contributed by atoms with van der Waals surface area (Å²) in [5, 5.41) is 13.9. The van der Waals surface area contributed by atoms with Gasteiger partial charge in [-0.1, -0.05) is 41.9 Å². The highest BCUT2D eigenvalue weighted by Crippen LogP contribution is 2.30. The van der Waals surface area contributed by atoms with Crippen LogP contribution < -0.4 is 16.5 Å². The number of imide groups is 1. The molecule has 2 rings (SSSR count). The largest absolute Gasteiger partial charge is 0.338 e. The molecule has 2 aromatic rings. The lowest BCUT2D eigenvalue weighted by atomic mass is 10.2. The van der Waals surface area contributed by atoms with Gasteiger partial charge in [0.25, 0.3) is 0 Å². The predicted molar refractivity (Wildman–Crippen MR) is 98.2 cm³/mol. The summed E-state index contributed by atoms with van der Waals surface area (Å²) in [6.07, 6.45) is 0.779. The van der Waals surface area contributed by atoms with E-state index in [4.69, 9.17) is 29.0 Å². The number of urea groups is 1. The van der Waals surface area contributed by atoms with E-state index < -0.39 is 11.9 Å². The van der Waals surface area contributed by atoms with E-state index in [0.29, 0.717) is 33.1 Å². The average Bonchev–Trinajstić information content (AvgIpc) is 2.94. The van der Waals surface area contributed by atoms with Gasteiger partial charge in [0.1, 0.15) is 0 Å². The molecule has 11 heteroatoms. The van der Waals surface area contributed by atoms with Gasteiger partial charge < -0.3 is 11.2 Å². The van der Waals surface area contributed by atoms with Gasteiger partial charge in [0.15, 0.2) is 5.82 Å². The molecule has 1 heterocycles. The Morgan fingerprint density at radius 2 is 2.08 bits per heavy atom. The number of hydrogen-bond donors (Lipinski definition) is 3. The summed E-state index contributed by atoms with van der Waals surface area (Å²) in [5.41, 5.74) is 0.527. The summed E-state index contributed by atoms with van der Waals surface area (Å²) in [7, 11) is 0. The first-order valence-electron chi connectivity index (χ1n) is 7.28. The molecule has 0 saturated heterocycles. The first-order chi connectivity index (χ1) is 11.9. The van der Waals surface area contributed by atoms with E-state index in [2.05, 4.69) is 20.8 Å². The summed E-state index contributed by atoms with van der Waals surface area (Å²) in [6.45, 7) is 2.41. The van der Waals surface area contributed by atoms with Crippen molar-refractivity contribution in [1.29, 1.82) is 0 Å². The predicted octanol–water partition coefficient (Wildman–Crippen LogP) is 2.29. The fourth-order valence-electron chi connectivity index (χ4n) is 1.80. The maximum atomic E-state index is 11.7. The zero-order valence-corrected chi connectivity index (χ0v) is 15.6. The number of hydrogen-bond acceptors (Lipinski definition) is 6. The zero-order chi connectivity index (χ0) is 18.4. The molecule has 0 aliphatic heterocycles. The van der Waals surface area contributed by atoms with Crippen molar-refractivity contribution < 1.29 is 9.59 Å². The third kappa shape index (κ3) is 5.25. The van der Waals surface area contributed by atoms with Crippen molar-refractivity contribution in [2.24, 2.45) is 0 Å². The standard InChI is InChI=1S/C14H16Cl2N6O2S/c1-2-5-18-13(24)19-11(23)7-25-14-21-20-12(22(14)17)9-6-8(15)3-4-10(9)16/h3-4,6H,2,5,7,17H2,1H3,(H2,18,19,23,24). The summed E-state index contributed by atoms with van der Waals surface area (Å²) >= 11 is 13.1. The number of benzene rings is 1. The monoisotopic (exact) mass is 402 g/mol. The van der Waals surface area contributed by atoms with Crippen molar-refractivity contribution in [2.75, 3.05) is 18.1 Å². The number of amides is 3.